The van der Waals surface area contributed by atoms with Crippen molar-refractivity contribution in [2.75, 3.05) is 23.3 Å². The smallest absolute Gasteiger partial charge is 0.257 e. The van der Waals surface area contributed by atoms with Crippen molar-refractivity contribution in [2.45, 2.75) is 19.8 Å². The second-order valence-corrected chi connectivity index (χ2v) is 6.98. The zero-order valence-electron chi connectivity index (χ0n) is 13.1. The highest BCUT2D eigenvalue weighted by Crippen LogP contribution is 2.21. The van der Waals surface area contributed by atoms with Gasteiger partial charge < -0.3 is 10.2 Å². The van der Waals surface area contributed by atoms with Crippen molar-refractivity contribution in [1.29, 1.82) is 0 Å². The molecule has 1 fully saturated rings. The highest BCUT2D eigenvalue weighted by molar-refractivity contribution is 9.10. The fraction of sp³-hybridized carbons (Fsp3) is 0.333. The van der Waals surface area contributed by atoms with Gasteiger partial charge in [0.2, 0.25) is 0 Å². The summed E-state index contributed by atoms with van der Waals surface area (Å²) in [5, 5.41) is 2.88. The monoisotopic (exact) mass is 373 g/mol. The van der Waals surface area contributed by atoms with Crippen LogP contribution in [0.15, 0.2) is 47.1 Å². The van der Waals surface area contributed by atoms with Gasteiger partial charge in [-0.15, -0.1) is 0 Å². The van der Waals surface area contributed by atoms with E-state index in [0.29, 0.717) is 11.5 Å². The Morgan fingerprint density at radius 3 is 2.91 bits per heavy atom. The Bertz CT molecular complexity index is 687. The fourth-order valence-electron chi connectivity index (χ4n) is 2.87. The second-order valence-electron chi connectivity index (χ2n) is 6.06. The van der Waals surface area contributed by atoms with Crippen LogP contribution in [0.5, 0.6) is 0 Å². The van der Waals surface area contributed by atoms with Crippen LogP contribution in [-0.4, -0.2) is 24.0 Å². The molecule has 0 saturated carbocycles. The number of amides is 1. The Balaban J connectivity index is 1.68. The Hall–Kier alpha value is -1.88. The first-order chi connectivity index (χ1) is 11.1. The lowest BCUT2D eigenvalue weighted by Crippen LogP contribution is -2.34. The molecule has 1 unspecified atom stereocenters. The Morgan fingerprint density at radius 1 is 1.35 bits per heavy atom. The maximum absolute atomic E-state index is 12.3. The first-order valence-corrected chi connectivity index (χ1v) is 8.69. The molecular formula is C18H20BrN3O. The maximum Gasteiger partial charge on any atom is 0.257 e. The van der Waals surface area contributed by atoms with Gasteiger partial charge in [-0.1, -0.05) is 28.9 Å². The van der Waals surface area contributed by atoms with Crippen molar-refractivity contribution >= 4 is 33.3 Å². The van der Waals surface area contributed by atoms with Gasteiger partial charge in [0.25, 0.3) is 5.91 Å². The number of pyridine rings is 1. The van der Waals surface area contributed by atoms with Crippen LogP contribution in [0.4, 0.5) is 11.5 Å². The average Bonchev–Trinajstić information content (AvgIpc) is 2.55. The normalized spacial score (nSPS) is 17.8. The third-order valence-corrected chi connectivity index (χ3v) is 4.57. The predicted octanol–water partition coefficient (Wildman–Crippen LogP) is 4.33. The van der Waals surface area contributed by atoms with E-state index in [1.807, 2.05) is 36.4 Å². The highest BCUT2D eigenvalue weighted by atomic mass is 79.9. The summed E-state index contributed by atoms with van der Waals surface area (Å²) < 4.78 is 0.933. The number of rotatable bonds is 3. The van der Waals surface area contributed by atoms with Crippen LogP contribution >= 0.6 is 15.9 Å². The first kappa shape index (κ1) is 16.0. The number of hydrogen-bond acceptors (Lipinski definition) is 3. The van der Waals surface area contributed by atoms with Gasteiger partial charge in [0.1, 0.15) is 5.82 Å². The molecule has 0 bridgehead atoms. The van der Waals surface area contributed by atoms with Gasteiger partial charge in [0.15, 0.2) is 0 Å². The second kappa shape index (κ2) is 7.13. The van der Waals surface area contributed by atoms with E-state index < -0.39 is 0 Å². The number of halogens is 1. The van der Waals surface area contributed by atoms with E-state index >= 15 is 0 Å². The molecule has 1 N–H and O–H groups in total. The van der Waals surface area contributed by atoms with Crippen LogP contribution in [0, 0.1) is 5.92 Å². The van der Waals surface area contributed by atoms with Gasteiger partial charge >= 0.3 is 0 Å². The van der Waals surface area contributed by atoms with Crippen molar-refractivity contribution in [3.63, 3.8) is 0 Å². The van der Waals surface area contributed by atoms with Gasteiger partial charge in [-0.2, -0.15) is 0 Å². The van der Waals surface area contributed by atoms with Crippen LogP contribution < -0.4 is 10.2 Å². The number of anilines is 2. The van der Waals surface area contributed by atoms with E-state index in [1.54, 1.807) is 6.20 Å². The van der Waals surface area contributed by atoms with Crippen LogP contribution in [-0.2, 0) is 0 Å². The zero-order chi connectivity index (χ0) is 16.2. The molecule has 0 aliphatic carbocycles. The lowest BCUT2D eigenvalue weighted by Gasteiger charge is -2.31. The molecule has 4 nitrogen and oxygen atoms in total. The zero-order valence-corrected chi connectivity index (χ0v) is 14.7. The minimum absolute atomic E-state index is 0.144. The Labute approximate surface area is 145 Å². The van der Waals surface area contributed by atoms with E-state index in [2.05, 4.69) is 38.1 Å². The van der Waals surface area contributed by atoms with E-state index in [1.165, 1.54) is 12.8 Å². The first-order valence-electron chi connectivity index (χ1n) is 7.90. The standard InChI is InChI=1S/C18H20BrN3O/c1-13-4-3-9-22(12-13)17-8-7-14(11-20-17)18(23)21-16-6-2-5-15(19)10-16/h2,5-8,10-11,13H,3-4,9,12H2,1H3,(H,21,23). The van der Waals surface area contributed by atoms with Crippen LogP contribution in [0.25, 0.3) is 0 Å². The molecule has 2 aromatic rings. The number of aromatic nitrogens is 1. The number of hydrogen-bond donors (Lipinski definition) is 1. The molecule has 3 rings (SSSR count). The number of nitrogens with one attached hydrogen (secondary N) is 1. The third-order valence-electron chi connectivity index (χ3n) is 4.07. The highest BCUT2D eigenvalue weighted by Gasteiger charge is 2.17. The van der Waals surface area contributed by atoms with E-state index in [0.717, 1.165) is 29.1 Å². The number of nitrogens with zero attached hydrogens (tertiary/aromatic N) is 2. The SMILES string of the molecule is CC1CCCN(c2ccc(C(=O)Nc3cccc(Br)c3)cn2)C1. The number of benzene rings is 1. The van der Waals surface area contributed by atoms with Crippen molar-refractivity contribution in [3.8, 4) is 0 Å². The van der Waals surface area contributed by atoms with Crippen molar-refractivity contribution in [1.82, 2.24) is 4.98 Å². The molecule has 23 heavy (non-hydrogen) atoms. The van der Waals surface area contributed by atoms with Gasteiger partial charge in [0.05, 0.1) is 5.56 Å². The molecule has 1 amide bonds. The Morgan fingerprint density at radius 2 is 2.22 bits per heavy atom. The van der Waals surface area contributed by atoms with Gasteiger partial charge in [-0.25, -0.2) is 4.98 Å². The molecule has 1 saturated heterocycles. The Kier molecular flexibility index (Phi) is 4.96. The molecule has 0 radical (unpaired) electrons. The molecule has 5 heteroatoms. The summed E-state index contributed by atoms with van der Waals surface area (Å²) in [6.45, 7) is 4.35. The quantitative estimate of drug-likeness (QED) is 0.870. The maximum atomic E-state index is 12.3. The van der Waals surface area contributed by atoms with Crippen molar-refractivity contribution in [3.05, 3.63) is 52.6 Å². The summed E-state index contributed by atoms with van der Waals surface area (Å²) in [5.41, 5.74) is 1.33. The molecule has 2 heterocycles. The average molecular weight is 374 g/mol. The molecule has 1 atom stereocenters. The van der Waals surface area contributed by atoms with Crippen molar-refractivity contribution in [2.24, 2.45) is 5.92 Å². The van der Waals surface area contributed by atoms with Crippen LogP contribution in [0.1, 0.15) is 30.1 Å². The minimum Gasteiger partial charge on any atom is -0.356 e. The molecular weight excluding hydrogens is 354 g/mol. The molecule has 1 aromatic carbocycles. The van der Waals surface area contributed by atoms with Crippen LogP contribution in [0.2, 0.25) is 0 Å². The molecule has 0 spiro atoms. The summed E-state index contributed by atoms with van der Waals surface area (Å²) in [7, 11) is 0. The molecule has 1 aliphatic heterocycles. The minimum atomic E-state index is -0.144. The summed E-state index contributed by atoms with van der Waals surface area (Å²) in [4.78, 5) is 19.1. The lowest BCUT2D eigenvalue weighted by molar-refractivity contribution is 0.102. The van der Waals surface area contributed by atoms with E-state index in [9.17, 15) is 4.79 Å². The van der Waals surface area contributed by atoms with Crippen molar-refractivity contribution < 1.29 is 4.79 Å². The van der Waals surface area contributed by atoms with Gasteiger partial charge in [-0.3, -0.25) is 4.79 Å². The third kappa shape index (κ3) is 4.10. The predicted molar refractivity (Wildman–Crippen MR) is 96.9 cm³/mol. The topological polar surface area (TPSA) is 45.2 Å². The largest absolute Gasteiger partial charge is 0.356 e. The lowest BCUT2D eigenvalue weighted by atomic mass is 10.0. The summed E-state index contributed by atoms with van der Waals surface area (Å²) in [6.07, 6.45) is 4.14. The van der Waals surface area contributed by atoms with E-state index in [4.69, 9.17) is 0 Å². The summed E-state index contributed by atoms with van der Waals surface area (Å²) in [5.74, 6) is 1.51. The summed E-state index contributed by atoms with van der Waals surface area (Å²) >= 11 is 3.40. The van der Waals surface area contributed by atoms with Crippen LogP contribution in [0.3, 0.4) is 0 Å². The van der Waals surface area contributed by atoms with Gasteiger partial charge in [-0.05, 0) is 49.1 Å². The fourth-order valence-corrected chi connectivity index (χ4v) is 3.27. The summed E-state index contributed by atoms with van der Waals surface area (Å²) in [6, 6.07) is 11.3. The number of carbonyl (C=O) groups excluding carboxylic acids is 1. The molecule has 1 aliphatic rings. The number of carbonyl (C=O) groups is 1. The number of piperidine rings is 1. The van der Waals surface area contributed by atoms with Gasteiger partial charge in [0, 0.05) is 29.4 Å². The molecule has 120 valence electrons. The molecule has 1 aromatic heterocycles. The van der Waals surface area contributed by atoms with E-state index in [-0.39, 0.29) is 5.91 Å².